The number of fused-ring (bicyclic) bond motifs is 1. The van der Waals surface area contributed by atoms with Crippen molar-refractivity contribution in [2.45, 2.75) is 13.8 Å². The third-order valence-corrected chi connectivity index (χ3v) is 4.71. The number of pyridine rings is 1. The van der Waals surface area contributed by atoms with Gasteiger partial charge in [0.25, 0.3) is 5.91 Å². The molecule has 0 aliphatic heterocycles. The lowest BCUT2D eigenvalue weighted by Crippen LogP contribution is -2.42. The van der Waals surface area contributed by atoms with Gasteiger partial charge >= 0.3 is 0 Å². The van der Waals surface area contributed by atoms with E-state index in [-0.39, 0.29) is 12.5 Å². The quantitative estimate of drug-likeness (QED) is 0.704. The Bertz CT molecular complexity index is 1010. The lowest BCUT2D eigenvalue weighted by atomic mass is 9.92. The van der Waals surface area contributed by atoms with E-state index in [4.69, 9.17) is 17.3 Å². The van der Waals surface area contributed by atoms with Crippen molar-refractivity contribution >= 4 is 34.3 Å². The van der Waals surface area contributed by atoms with Crippen LogP contribution in [0.25, 0.3) is 22.2 Å². The highest BCUT2D eigenvalue weighted by Crippen LogP contribution is 2.26. The third-order valence-electron chi connectivity index (χ3n) is 4.46. The summed E-state index contributed by atoms with van der Waals surface area (Å²) in [5, 5.41) is 4.18. The lowest BCUT2D eigenvalue weighted by molar-refractivity contribution is -0.125. The zero-order valence-corrected chi connectivity index (χ0v) is 15.9. The van der Waals surface area contributed by atoms with E-state index in [1.54, 1.807) is 32.0 Å². The molecule has 2 aromatic carbocycles. The predicted octanol–water partition coefficient (Wildman–Crippen LogP) is 3.80. The molecule has 0 bridgehead atoms. The number of primary amides is 1. The summed E-state index contributed by atoms with van der Waals surface area (Å²) < 4.78 is 0. The van der Waals surface area contributed by atoms with Gasteiger partial charge in [-0.2, -0.15) is 0 Å². The van der Waals surface area contributed by atoms with Crippen molar-refractivity contribution in [3.8, 4) is 11.3 Å². The maximum atomic E-state index is 12.9. The number of amides is 2. The molecule has 1 aromatic heterocycles. The Morgan fingerprint density at radius 2 is 1.78 bits per heavy atom. The predicted molar refractivity (Wildman–Crippen MR) is 107 cm³/mol. The van der Waals surface area contributed by atoms with E-state index in [0.717, 1.165) is 10.9 Å². The van der Waals surface area contributed by atoms with Crippen molar-refractivity contribution in [1.82, 2.24) is 10.3 Å². The van der Waals surface area contributed by atoms with Gasteiger partial charge in [-0.1, -0.05) is 41.9 Å². The van der Waals surface area contributed by atoms with Crippen LogP contribution in [0, 0.1) is 5.41 Å². The number of aromatic nitrogens is 1. The molecule has 3 aromatic rings. The summed E-state index contributed by atoms with van der Waals surface area (Å²) in [5.74, 6) is -0.748. The van der Waals surface area contributed by atoms with Crippen molar-refractivity contribution in [3.63, 3.8) is 0 Å². The van der Waals surface area contributed by atoms with Gasteiger partial charge in [-0.25, -0.2) is 4.98 Å². The second-order valence-corrected chi connectivity index (χ2v) is 7.45. The van der Waals surface area contributed by atoms with Crippen LogP contribution in [0.3, 0.4) is 0 Å². The van der Waals surface area contributed by atoms with Crippen LogP contribution in [-0.4, -0.2) is 23.3 Å². The van der Waals surface area contributed by atoms with Crippen molar-refractivity contribution in [1.29, 1.82) is 0 Å². The Morgan fingerprint density at radius 3 is 2.44 bits per heavy atom. The largest absolute Gasteiger partial charge is 0.369 e. The summed E-state index contributed by atoms with van der Waals surface area (Å²) in [5.41, 5.74) is 7.28. The molecule has 0 aliphatic rings. The smallest absolute Gasteiger partial charge is 0.252 e. The van der Waals surface area contributed by atoms with Crippen molar-refractivity contribution in [2.75, 3.05) is 6.54 Å². The number of nitrogens with two attached hydrogens (primary N) is 1. The summed E-state index contributed by atoms with van der Waals surface area (Å²) in [7, 11) is 0. The fraction of sp³-hybridized carbons (Fsp3) is 0.190. The zero-order chi connectivity index (χ0) is 19.6. The van der Waals surface area contributed by atoms with Crippen LogP contribution in [0.2, 0.25) is 5.02 Å². The number of hydrogen-bond acceptors (Lipinski definition) is 3. The molecule has 0 atom stereocenters. The normalized spacial score (nSPS) is 11.4. The average molecular weight is 382 g/mol. The molecule has 0 fully saturated rings. The Labute approximate surface area is 162 Å². The highest BCUT2D eigenvalue weighted by Gasteiger charge is 2.26. The molecule has 1 heterocycles. The van der Waals surface area contributed by atoms with Gasteiger partial charge in [0.1, 0.15) is 0 Å². The number of para-hydroxylation sites is 1. The van der Waals surface area contributed by atoms with Gasteiger partial charge in [0.2, 0.25) is 5.91 Å². The van der Waals surface area contributed by atoms with Crippen molar-refractivity contribution in [3.05, 3.63) is 65.2 Å². The molecule has 0 aliphatic carbocycles. The van der Waals surface area contributed by atoms with Gasteiger partial charge in [0, 0.05) is 22.5 Å². The second kappa shape index (κ2) is 7.37. The molecule has 0 radical (unpaired) electrons. The summed E-state index contributed by atoms with van der Waals surface area (Å²) >= 11 is 5.96. The van der Waals surface area contributed by atoms with E-state index in [1.807, 2.05) is 36.4 Å². The standard InChI is InChI=1S/C21H20ClN3O2/c1-21(2,20(23)27)12-24-19(26)16-11-18(13-7-9-14(22)10-8-13)25-17-6-4-3-5-15(16)17/h3-11H,12H2,1-2H3,(H2,23,27)(H,24,26). The van der Waals surface area contributed by atoms with Crippen LogP contribution in [0.1, 0.15) is 24.2 Å². The maximum absolute atomic E-state index is 12.9. The van der Waals surface area contributed by atoms with E-state index >= 15 is 0 Å². The number of carbonyl (C=O) groups is 2. The fourth-order valence-electron chi connectivity index (χ4n) is 2.62. The molecule has 0 unspecified atom stereocenters. The van der Waals surface area contributed by atoms with Gasteiger partial charge in [0.05, 0.1) is 22.2 Å². The van der Waals surface area contributed by atoms with Crippen LogP contribution in [0.5, 0.6) is 0 Å². The number of nitrogens with one attached hydrogen (secondary N) is 1. The van der Waals surface area contributed by atoms with E-state index in [0.29, 0.717) is 21.8 Å². The molecule has 3 N–H and O–H groups in total. The molecule has 27 heavy (non-hydrogen) atoms. The minimum absolute atomic E-state index is 0.147. The topological polar surface area (TPSA) is 85.1 Å². The summed E-state index contributed by atoms with van der Waals surface area (Å²) in [4.78, 5) is 29.0. The molecule has 3 rings (SSSR count). The monoisotopic (exact) mass is 381 g/mol. The highest BCUT2D eigenvalue weighted by atomic mass is 35.5. The van der Waals surface area contributed by atoms with Gasteiger partial charge in [0.15, 0.2) is 0 Å². The lowest BCUT2D eigenvalue weighted by Gasteiger charge is -2.21. The number of benzene rings is 2. The van der Waals surface area contributed by atoms with Gasteiger partial charge < -0.3 is 11.1 Å². The second-order valence-electron chi connectivity index (χ2n) is 7.01. The van der Waals surface area contributed by atoms with E-state index < -0.39 is 11.3 Å². The molecule has 2 amide bonds. The first kappa shape index (κ1) is 18.9. The first-order chi connectivity index (χ1) is 12.8. The van der Waals surface area contributed by atoms with Crippen LogP contribution >= 0.6 is 11.6 Å². The molecule has 5 nitrogen and oxygen atoms in total. The van der Waals surface area contributed by atoms with Gasteiger partial charge in [-0.3, -0.25) is 9.59 Å². The Kier molecular flexibility index (Phi) is 5.15. The highest BCUT2D eigenvalue weighted by molar-refractivity contribution is 6.30. The molecule has 0 saturated carbocycles. The number of halogens is 1. The summed E-state index contributed by atoms with van der Waals surface area (Å²) in [6.45, 7) is 3.53. The third kappa shape index (κ3) is 4.09. The first-order valence-electron chi connectivity index (χ1n) is 8.52. The SMILES string of the molecule is CC(C)(CNC(=O)c1cc(-c2ccc(Cl)cc2)nc2ccccc12)C(N)=O. The molecule has 138 valence electrons. The van der Waals surface area contributed by atoms with Crippen molar-refractivity contribution < 1.29 is 9.59 Å². The minimum atomic E-state index is -0.836. The molecular weight excluding hydrogens is 362 g/mol. The van der Waals surface area contributed by atoms with Crippen LogP contribution in [0.4, 0.5) is 0 Å². The molecule has 6 heteroatoms. The maximum Gasteiger partial charge on any atom is 0.252 e. The van der Waals surface area contributed by atoms with E-state index in [1.165, 1.54) is 0 Å². The Morgan fingerprint density at radius 1 is 1.11 bits per heavy atom. The number of nitrogens with zero attached hydrogens (tertiary/aromatic N) is 1. The minimum Gasteiger partial charge on any atom is -0.369 e. The van der Waals surface area contributed by atoms with E-state index in [9.17, 15) is 9.59 Å². The van der Waals surface area contributed by atoms with Crippen LogP contribution < -0.4 is 11.1 Å². The Balaban J connectivity index is 2.01. The average Bonchev–Trinajstić information content (AvgIpc) is 2.65. The Hall–Kier alpha value is -2.92. The number of carbonyl (C=O) groups excluding carboxylic acids is 2. The van der Waals surface area contributed by atoms with Crippen LogP contribution in [0.15, 0.2) is 54.6 Å². The molecule has 0 saturated heterocycles. The molecular formula is C21H20ClN3O2. The van der Waals surface area contributed by atoms with Gasteiger partial charge in [-0.15, -0.1) is 0 Å². The summed E-state index contributed by atoms with van der Waals surface area (Å²) in [6.07, 6.45) is 0. The summed E-state index contributed by atoms with van der Waals surface area (Å²) in [6, 6.07) is 16.5. The number of rotatable bonds is 5. The van der Waals surface area contributed by atoms with Crippen LogP contribution in [-0.2, 0) is 4.79 Å². The molecule has 0 spiro atoms. The first-order valence-corrected chi connectivity index (χ1v) is 8.89. The van der Waals surface area contributed by atoms with E-state index in [2.05, 4.69) is 10.3 Å². The van der Waals surface area contributed by atoms with Crippen molar-refractivity contribution in [2.24, 2.45) is 11.1 Å². The number of hydrogen-bond donors (Lipinski definition) is 2. The zero-order valence-electron chi connectivity index (χ0n) is 15.1. The fourth-order valence-corrected chi connectivity index (χ4v) is 2.74. The van der Waals surface area contributed by atoms with Gasteiger partial charge in [-0.05, 0) is 38.1 Å².